The molecule has 0 unspecified atom stereocenters. The van der Waals surface area contributed by atoms with Crippen LogP contribution in [0.15, 0.2) is 64.5 Å². The van der Waals surface area contributed by atoms with Gasteiger partial charge in [-0.05, 0) is 86.9 Å². The van der Waals surface area contributed by atoms with E-state index in [1.807, 2.05) is 12.1 Å². The molecule has 0 radical (unpaired) electrons. The Morgan fingerprint density at radius 1 is 1.10 bits per heavy atom. The molecule has 0 N–H and O–H groups in total. The van der Waals surface area contributed by atoms with Gasteiger partial charge in [-0.3, -0.25) is 10.1 Å². The quantitative estimate of drug-likeness (QED) is 0.242. The van der Waals surface area contributed by atoms with Crippen molar-refractivity contribution >= 4 is 22.7 Å². The summed E-state index contributed by atoms with van der Waals surface area (Å²) in [4.78, 5) is 16.6. The molecule has 0 bridgehead atoms. The number of allylic oxidation sites excluding steroid dienone is 2. The van der Waals surface area contributed by atoms with Crippen molar-refractivity contribution in [3.63, 3.8) is 0 Å². The molecule has 1 aromatic heterocycles. The Labute approximate surface area is 186 Å². The van der Waals surface area contributed by atoms with Crippen molar-refractivity contribution in [2.24, 2.45) is 4.99 Å². The normalized spacial score (nSPS) is 14.5. The third kappa shape index (κ3) is 5.02. The second kappa shape index (κ2) is 9.43. The van der Waals surface area contributed by atoms with Gasteiger partial charge in [0.2, 0.25) is 0 Å². The monoisotopic (exact) mass is 433 g/mol. The van der Waals surface area contributed by atoms with E-state index in [-0.39, 0.29) is 10.6 Å². The van der Waals surface area contributed by atoms with E-state index in [0.717, 1.165) is 34.7 Å². The standard InChI is InChI=1S/C25H27N3O2S/c1-18-8-11-22(16-19(18)2)26-25-27(15-14-20-6-4-3-5-7-20)24(17-31-25)21-9-12-23(13-10-21)28(29)30/h6,8-13,16-17H,3-5,7,14-15H2,1-2H3. The molecule has 6 heteroatoms. The predicted octanol–water partition coefficient (Wildman–Crippen LogP) is 6.86. The first-order chi connectivity index (χ1) is 15.0. The molecular weight excluding hydrogens is 406 g/mol. The third-order valence-electron chi connectivity index (χ3n) is 5.93. The van der Waals surface area contributed by atoms with Gasteiger partial charge in [0.05, 0.1) is 16.3 Å². The van der Waals surface area contributed by atoms with E-state index in [1.54, 1.807) is 23.5 Å². The Morgan fingerprint density at radius 3 is 2.58 bits per heavy atom. The Hall–Kier alpha value is -2.99. The van der Waals surface area contributed by atoms with Gasteiger partial charge in [-0.15, -0.1) is 11.3 Å². The van der Waals surface area contributed by atoms with Gasteiger partial charge in [0.25, 0.3) is 5.69 Å². The molecule has 0 atom stereocenters. The second-order valence-electron chi connectivity index (χ2n) is 8.10. The second-order valence-corrected chi connectivity index (χ2v) is 8.93. The molecule has 5 nitrogen and oxygen atoms in total. The molecule has 31 heavy (non-hydrogen) atoms. The zero-order valence-electron chi connectivity index (χ0n) is 18.0. The molecule has 4 rings (SSSR count). The highest BCUT2D eigenvalue weighted by atomic mass is 32.1. The lowest BCUT2D eigenvalue weighted by atomic mass is 9.97. The van der Waals surface area contributed by atoms with Gasteiger partial charge >= 0.3 is 0 Å². The molecule has 0 fully saturated rings. The highest BCUT2D eigenvalue weighted by molar-refractivity contribution is 7.07. The smallest absolute Gasteiger partial charge is 0.269 e. The lowest BCUT2D eigenvalue weighted by Gasteiger charge is -2.14. The molecule has 0 saturated heterocycles. The fraction of sp³-hybridized carbons (Fsp3) is 0.320. The van der Waals surface area contributed by atoms with Crippen molar-refractivity contribution in [3.8, 4) is 11.3 Å². The topological polar surface area (TPSA) is 60.4 Å². The SMILES string of the molecule is Cc1ccc(N=c2scc(-c3ccc([N+](=O)[O-])cc3)n2CCC2=CCCCC2)cc1C. The molecule has 2 aromatic carbocycles. The number of aryl methyl sites for hydroxylation is 2. The van der Waals surface area contributed by atoms with E-state index in [4.69, 9.17) is 4.99 Å². The van der Waals surface area contributed by atoms with Gasteiger partial charge in [-0.1, -0.05) is 17.7 Å². The number of rotatable bonds is 6. The van der Waals surface area contributed by atoms with Crippen LogP contribution in [0.1, 0.15) is 43.2 Å². The van der Waals surface area contributed by atoms with Crippen molar-refractivity contribution in [2.75, 3.05) is 0 Å². The van der Waals surface area contributed by atoms with Crippen LogP contribution in [0.2, 0.25) is 0 Å². The molecule has 3 aromatic rings. The predicted molar refractivity (Wildman–Crippen MR) is 127 cm³/mol. The molecular formula is C25H27N3O2S. The maximum Gasteiger partial charge on any atom is 0.269 e. The van der Waals surface area contributed by atoms with Crippen LogP contribution in [-0.2, 0) is 6.54 Å². The van der Waals surface area contributed by atoms with Gasteiger partial charge < -0.3 is 4.57 Å². The van der Waals surface area contributed by atoms with Crippen LogP contribution in [0.3, 0.4) is 0 Å². The summed E-state index contributed by atoms with van der Waals surface area (Å²) >= 11 is 1.62. The number of non-ortho nitro benzene ring substituents is 1. The number of thiazole rings is 1. The summed E-state index contributed by atoms with van der Waals surface area (Å²) in [7, 11) is 0. The summed E-state index contributed by atoms with van der Waals surface area (Å²) in [5, 5.41) is 13.1. The minimum atomic E-state index is -0.360. The van der Waals surface area contributed by atoms with Crippen LogP contribution in [0, 0.1) is 24.0 Å². The Kier molecular flexibility index (Phi) is 6.47. The molecule has 0 spiro atoms. The molecule has 1 aliphatic rings. The van der Waals surface area contributed by atoms with Crippen molar-refractivity contribution in [1.82, 2.24) is 4.57 Å². The average molecular weight is 434 g/mol. The van der Waals surface area contributed by atoms with Crippen molar-refractivity contribution in [2.45, 2.75) is 52.5 Å². The van der Waals surface area contributed by atoms with Crippen molar-refractivity contribution in [3.05, 3.63) is 85.5 Å². The Bertz CT molecular complexity index is 1190. The van der Waals surface area contributed by atoms with Crippen LogP contribution in [0.25, 0.3) is 11.3 Å². The summed E-state index contributed by atoms with van der Waals surface area (Å²) in [6.07, 6.45) is 8.32. The number of benzene rings is 2. The van der Waals surface area contributed by atoms with Gasteiger partial charge in [0.15, 0.2) is 4.80 Å². The number of nitro benzene ring substituents is 1. The zero-order chi connectivity index (χ0) is 21.8. The van der Waals surface area contributed by atoms with Crippen molar-refractivity contribution < 1.29 is 4.92 Å². The average Bonchev–Trinajstić information content (AvgIpc) is 3.18. The number of nitro groups is 1. The lowest BCUT2D eigenvalue weighted by molar-refractivity contribution is -0.384. The molecule has 1 aliphatic carbocycles. The van der Waals surface area contributed by atoms with Gasteiger partial charge in [-0.2, -0.15) is 0 Å². The molecule has 0 amide bonds. The van der Waals surface area contributed by atoms with E-state index in [9.17, 15) is 10.1 Å². The number of hydrogen-bond donors (Lipinski definition) is 0. The summed E-state index contributed by atoms with van der Waals surface area (Å²) in [6, 6.07) is 13.1. The fourth-order valence-electron chi connectivity index (χ4n) is 3.91. The van der Waals surface area contributed by atoms with E-state index >= 15 is 0 Å². The highest BCUT2D eigenvalue weighted by Gasteiger charge is 2.12. The van der Waals surface area contributed by atoms with E-state index < -0.39 is 0 Å². The van der Waals surface area contributed by atoms with Crippen LogP contribution in [-0.4, -0.2) is 9.49 Å². The maximum atomic E-state index is 11.0. The molecule has 0 aliphatic heterocycles. The van der Waals surface area contributed by atoms with Crippen LogP contribution < -0.4 is 4.80 Å². The van der Waals surface area contributed by atoms with Crippen molar-refractivity contribution in [1.29, 1.82) is 0 Å². The maximum absolute atomic E-state index is 11.0. The minimum Gasteiger partial charge on any atom is -0.316 e. The summed E-state index contributed by atoms with van der Waals surface area (Å²) in [5.41, 5.74) is 7.10. The number of aromatic nitrogens is 1. The largest absolute Gasteiger partial charge is 0.316 e. The first-order valence-electron chi connectivity index (χ1n) is 10.7. The lowest BCUT2D eigenvalue weighted by Crippen LogP contribution is -2.16. The number of nitrogens with zero attached hydrogens (tertiary/aromatic N) is 3. The Morgan fingerprint density at radius 2 is 1.90 bits per heavy atom. The summed E-state index contributed by atoms with van der Waals surface area (Å²) in [6.45, 7) is 5.06. The van der Waals surface area contributed by atoms with Gasteiger partial charge in [-0.25, -0.2) is 4.99 Å². The summed E-state index contributed by atoms with van der Waals surface area (Å²) < 4.78 is 2.26. The highest BCUT2D eigenvalue weighted by Crippen LogP contribution is 2.26. The third-order valence-corrected chi connectivity index (χ3v) is 6.79. The van der Waals surface area contributed by atoms with E-state index in [0.29, 0.717) is 0 Å². The van der Waals surface area contributed by atoms with E-state index in [1.165, 1.54) is 42.4 Å². The van der Waals surface area contributed by atoms with Crippen LogP contribution >= 0.6 is 11.3 Å². The van der Waals surface area contributed by atoms with Crippen LogP contribution in [0.5, 0.6) is 0 Å². The Balaban J connectivity index is 1.73. The summed E-state index contributed by atoms with van der Waals surface area (Å²) in [5.74, 6) is 0. The molecule has 1 heterocycles. The fourth-order valence-corrected chi connectivity index (χ4v) is 4.87. The first kappa shape index (κ1) is 21.2. The molecule has 160 valence electrons. The first-order valence-corrected chi connectivity index (χ1v) is 11.6. The zero-order valence-corrected chi connectivity index (χ0v) is 18.8. The van der Waals surface area contributed by atoms with Gasteiger partial charge in [0, 0.05) is 24.1 Å². The number of hydrogen-bond acceptors (Lipinski definition) is 4. The van der Waals surface area contributed by atoms with E-state index in [2.05, 4.69) is 48.1 Å². The van der Waals surface area contributed by atoms with Crippen LogP contribution in [0.4, 0.5) is 11.4 Å². The molecule has 0 saturated carbocycles. The minimum absolute atomic E-state index is 0.109. The van der Waals surface area contributed by atoms with Gasteiger partial charge in [0.1, 0.15) is 0 Å².